The van der Waals surface area contributed by atoms with Gasteiger partial charge >= 0.3 is 0 Å². The molecule has 106 valence electrons. The molecule has 4 unspecified atom stereocenters. The van der Waals surface area contributed by atoms with Crippen LogP contribution in [0.2, 0.25) is 0 Å². The topological polar surface area (TPSA) is 12.0 Å². The van der Waals surface area contributed by atoms with Gasteiger partial charge in [-0.3, -0.25) is 0 Å². The van der Waals surface area contributed by atoms with Crippen LogP contribution < -0.4 is 5.32 Å². The van der Waals surface area contributed by atoms with Crippen molar-refractivity contribution < 1.29 is 0 Å². The Bertz CT molecular complexity index is 228. The number of rotatable bonds is 3. The molecular weight excluding hydrogens is 218 g/mol. The fourth-order valence-corrected chi connectivity index (χ4v) is 4.37. The summed E-state index contributed by atoms with van der Waals surface area (Å²) < 4.78 is 0. The molecule has 18 heavy (non-hydrogen) atoms. The van der Waals surface area contributed by atoms with E-state index in [1.165, 1.54) is 57.8 Å². The van der Waals surface area contributed by atoms with Crippen LogP contribution in [0.25, 0.3) is 0 Å². The first-order chi connectivity index (χ1) is 8.67. The molecule has 0 aromatic heterocycles. The Labute approximate surface area is 114 Å². The van der Waals surface area contributed by atoms with Gasteiger partial charge in [-0.25, -0.2) is 0 Å². The van der Waals surface area contributed by atoms with Crippen LogP contribution in [0, 0.1) is 17.8 Å². The molecule has 0 heterocycles. The summed E-state index contributed by atoms with van der Waals surface area (Å²) in [6.45, 7) is 7.23. The summed E-state index contributed by atoms with van der Waals surface area (Å²) >= 11 is 0. The Hall–Kier alpha value is -0.0400. The highest BCUT2D eigenvalue weighted by Crippen LogP contribution is 2.31. The van der Waals surface area contributed by atoms with Crippen molar-refractivity contribution in [3.63, 3.8) is 0 Å². The summed E-state index contributed by atoms with van der Waals surface area (Å²) in [4.78, 5) is 0. The summed E-state index contributed by atoms with van der Waals surface area (Å²) in [5, 5.41) is 4.00. The van der Waals surface area contributed by atoms with Gasteiger partial charge in [-0.05, 0) is 56.3 Å². The van der Waals surface area contributed by atoms with Crippen molar-refractivity contribution >= 4 is 0 Å². The summed E-state index contributed by atoms with van der Waals surface area (Å²) in [5.41, 5.74) is 0. The van der Waals surface area contributed by atoms with Gasteiger partial charge in [0.05, 0.1) is 0 Å². The molecule has 0 amide bonds. The van der Waals surface area contributed by atoms with E-state index >= 15 is 0 Å². The normalized spacial score (nSPS) is 42.5. The van der Waals surface area contributed by atoms with E-state index in [0.717, 1.165) is 29.8 Å². The first-order valence-corrected chi connectivity index (χ1v) is 8.43. The minimum atomic E-state index is 0.812. The van der Waals surface area contributed by atoms with Gasteiger partial charge in [0.1, 0.15) is 0 Å². The molecule has 0 bridgehead atoms. The van der Waals surface area contributed by atoms with Gasteiger partial charge in [0.15, 0.2) is 0 Å². The Balaban J connectivity index is 1.78. The molecule has 2 saturated carbocycles. The van der Waals surface area contributed by atoms with Crippen LogP contribution in [0.1, 0.15) is 78.6 Å². The molecule has 2 aliphatic carbocycles. The molecule has 4 atom stereocenters. The predicted molar refractivity (Wildman–Crippen MR) is 79.8 cm³/mol. The minimum Gasteiger partial charge on any atom is -0.311 e. The standard InChI is InChI=1S/C17H33N/c1-4-15-6-5-7-16(9-8-15)18-17-11-13(2)10-14(3)12-17/h13-18H,4-12H2,1-3H3. The smallest absolute Gasteiger partial charge is 0.00747 e. The molecule has 2 aliphatic rings. The lowest BCUT2D eigenvalue weighted by Gasteiger charge is -2.34. The summed E-state index contributed by atoms with van der Waals surface area (Å²) in [5.74, 6) is 2.88. The molecule has 1 N–H and O–H groups in total. The van der Waals surface area contributed by atoms with E-state index in [0.29, 0.717) is 0 Å². The minimum absolute atomic E-state index is 0.812. The lowest BCUT2D eigenvalue weighted by atomic mass is 9.80. The fraction of sp³-hybridized carbons (Fsp3) is 1.00. The molecule has 0 saturated heterocycles. The maximum atomic E-state index is 4.00. The van der Waals surface area contributed by atoms with Gasteiger partial charge in [-0.1, -0.05) is 40.0 Å². The predicted octanol–water partition coefficient (Wildman–Crippen LogP) is 4.76. The summed E-state index contributed by atoms with van der Waals surface area (Å²) in [6.07, 6.45) is 12.9. The zero-order chi connectivity index (χ0) is 13.0. The summed E-state index contributed by atoms with van der Waals surface area (Å²) in [7, 11) is 0. The Kier molecular flexibility index (Phi) is 5.54. The van der Waals surface area contributed by atoms with Gasteiger partial charge in [0.25, 0.3) is 0 Å². The molecule has 0 aliphatic heterocycles. The third kappa shape index (κ3) is 4.26. The average Bonchev–Trinajstić information content (AvgIpc) is 2.53. The molecule has 0 spiro atoms. The van der Waals surface area contributed by atoms with E-state index in [2.05, 4.69) is 26.1 Å². The van der Waals surface area contributed by atoms with E-state index in [4.69, 9.17) is 0 Å². The van der Waals surface area contributed by atoms with Crippen molar-refractivity contribution in [2.75, 3.05) is 0 Å². The molecule has 0 aromatic carbocycles. The average molecular weight is 251 g/mol. The van der Waals surface area contributed by atoms with Gasteiger partial charge in [-0.15, -0.1) is 0 Å². The van der Waals surface area contributed by atoms with Crippen LogP contribution in [0.3, 0.4) is 0 Å². The highest BCUT2D eigenvalue weighted by atomic mass is 15.0. The first kappa shape index (κ1) is 14.4. The number of nitrogens with one attached hydrogen (secondary N) is 1. The quantitative estimate of drug-likeness (QED) is 0.713. The third-order valence-corrected chi connectivity index (χ3v) is 5.32. The number of hydrogen-bond donors (Lipinski definition) is 1. The second-order valence-electron chi connectivity index (χ2n) is 7.26. The van der Waals surface area contributed by atoms with Crippen LogP contribution in [0.15, 0.2) is 0 Å². The van der Waals surface area contributed by atoms with Crippen LogP contribution >= 0.6 is 0 Å². The zero-order valence-corrected chi connectivity index (χ0v) is 12.8. The SMILES string of the molecule is CCC1CCCC(NC2CC(C)CC(C)C2)CC1. The van der Waals surface area contributed by atoms with E-state index in [-0.39, 0.29) is 0 Å². The maximum absolute atomic E-state index is 4.00. The Morgan fingerprint density at radius 3 is 2.22 bits per heavy atom. The monoisotopic (exact) mass is 251 g/mol. The van der Waals surface area contributed by atoms with E-state index in [9.17, 15) is 0 Å². The van der Waals surface area contributed by atoms with Crippen molar-refractivity contribution in [2.45, 2.75) is 90.6 Å². The second-order valence-corrected chi connectivity index (χ2v) is 7.26. The molecule has 1 nitrogen and oxygen atoms in total. The Morgan fingerprint density at radius 1 is 0.833 bits per heavy atom. The van der Waals surface area contributed by atoms with Crippen LogP contribution in [0.5, 0.6) is 0 Å². The molecular formula is C17H33N. The Morgan fingerprint density at radius 2 is 1.56 bits per heavy atom. The van der Waals surface area contributed by atoms with Gasteiger partial charge < -0.3 is 5.32 Å². The zero-order valence-electron chi connectivity index (χ0n) is 12.8. The van der Waals surface area contributed by atoms with Crippen molar-refractivity contribution in [1.29, 1.82) is 0 Å². The lowest BCUT2D eigenvalue weighted by molar-refractivity contribution is 0.219. The summed E-state index contributed by atoms with van der Waals surface area (Å²) in [6, 6.07) is 1.64. The van der Waals surface area contributed by atoms with Crippen molar-refractivity contribution in [1.82, 2.24) is 5.32 Å². The van der Waals surface area contributed by atoms with Crippen LogP contribution in [-0.2, 0) is 0 Å². The van der Waals surface area contributed by atoms with E-state index < -0.39 is 0 Å². The van der Waals surface area contributed by atoms with Crippen LogP contribution in [-0.4, -0.2) is 12.1 Å². The second kappa shape index (κ2) is 6.93. The van der Waals surface area contributed by atoms with Gasteiger partial charge in [0, 0.05) is 12.1 Å². The molecule has 0 aromatic rings. The fourth-order valence-electron chi connectivity index (χ4n) is 4.37. The third-order valence-electron chi connectivity index (χ3n) is 5.32. The number of hydrogen-bond acceptors (Lipinski definition) is 1. The van der Waals surface area contributed by atoms with E-state index in [1.54, 1.807) is 0 Å². The molecule has 2 rings (SSSR count). The highest BCUT2D eigenvalue weighted by Gasteiger charge is 2.26. The van der Waals surface area contributed by atoms with E-state index in [1.807, 2.05) is 0 Å². The largest absolute Gasteiger partial charge is 0.311 e. The lowest BCUT2D eigenvalue weighted by Crippen LogP contribution is -2.42. The highest BCUT2D eigenvalue weighted by molar-refractivity contribution is 4.84. The van der Waals surface area contributed by atoms with Crippen molar-refractivity contribution in [3.05, 3.63) is 0 Å². The molecule has 0 radical (unpaired) electrons. The van der Waals surface area contributed by atoms with Crippen LogP contribution in [0.4, 0.5) is 0 Å². The first-order valence-electron chi connectivity index (χ1n) is 8.43. The molecule has 1 heteroatoms. The maximum Gasteiger partial charge on any atom is 0.00747 e. The van der Waals surface area contributed by atoms with Crippen molar-refractivity contribution in [3.8, 4) is 0 Å². The molecule has 2 fully saturated rings. The van der Waals surface area contributed by atoms with Gasteiger partial charge in [-0.2, -0.15) is 0 Å². The van der Waals surface area contributed by atoms with Crippen molar-refractivity contribution in [2.24, 2.45) is 17.8 Å². The van der Waals surface area contributed by atoms with Gasteiger partial charge in [0.2, 0.25) is 0 Å².